The highest BCUT2D eigenvalue weighted by Gasteiger charge is 2.40. The van der Waals surface area contributed by atoms with E-state index in [-0.39, 0.29) is 11.5 Å². The predicted octanol–water partition coefficient (Wildman–Crippen LogP) is 1.13. The molecule has 0 aromatic heterocycles. The van der Waals surface area contributed by atoms with Gasteiger partial charge in [-0.25, -0.2) is 0 Å². The molecule has 21 heavy (non-hydrogen) atoms. The Balaban J connectivity index is 1.52. The highest BCUT2D eigenvalue weighted by molar-refractivity contribution is 5.73. The van der Waals surface area contributed by atoms with Gasteiger partial charge in [0.25, 0.3) is 0 Å². The summed E-state index contributed by atoms with van der Waals surface area (Å²) < 4.78 is 11.7. The molecule has 3 fully saturated rings. The fourth-order valence-corrected chi connectivity index (χ4v) is 3.93. The van der Waals surface area contributed by atoms with Crippen LogP contribution in [0.25, 0.3) is 0 Å². The lowest BCUT2D eigenvalue weighted by molar-refractivity contribution is -0.151. The molecule has 3 heterocycles. The summed E-state index contributed by atoms with van der Waals surface area (Å²) in [6, 6.07) is 0. The molecule has 0 aromatic carbocycles. The van der Waals surface area contributed by atoms with Gasteiger partial charge in [-0.3, -0.25) is 9.69 Å². The monoisotopic (exact) mass is 296 g/mol. The van der Waals surface area contributed by atoms with Crippen molar-refractivity contribution in [3.05, 3.63) is 0 Å². The molecule has 0 aliphatic carbocycles. The lowest BCUT2D eigenvalue weighted by Crippen LogP contribution is -2.58. The summed E-state index contributed by atoms with van der Waals surface area (Å²) in [6.07, 6.45) is 4.45. The summed E-state index contributed by atoms with van der Waals surface area (Å²) in [5.74, 6) is 0.878. The summed E-state index contributed by atoms with van der Waals surface area (Å²) in [5.41, 5.74) is -0.0142. The molecule has 5 heteroatoms. The maximum absolute atomic E-state index is 11.5. The number of hydrogen-bond acceptors (Lipinski definition) is 4. The van der Waals surface area contributed by atoms with Crippen LogP contribution in [-0.2, 0) is 14.3 Å². The van der Waals surface area contributed by atoms with Gasteiger partial charge in [0.15, 0.2) is 0 Å². The Morgan fingerprint density at radius 3 is 2.71 bits per heavy atom. The largest absolute Gasteiger partial charge is 0.381 e. The topological polar surface area (TPSA) is 42.0 Å². The molecule has 0 aromatic rings. The van der Waals surface area contributed by atoms with Crippen molar-refractivity contribution < 1.29 is 14.3 Å². The number of carbonyl (C=O) groups excluding carboxylic acids is 1. The summed E-state index contributed by atoms with van der Waals surface area (Å²) in [5, 5.41) is 0. The first-order valence-electron chi connectivity index (χ1n) is 8.36. The number of amides is 1. The molecule has 3 aliphatic heterocycles. The van der Waals surface area contributed by atoms with Crippen LogP contribution in [0.15, 0.2) is 0 Å². The second-order valence-electron chi connectivity index (χ2n) is 6.86. The second-order valence-corrected chi connectivity index (χ2v) is 6.86. The summed E-state index contributed by atoms with van der Waals surface area (Å²) >= 11 is 0. The average Bonchev–Trinajstić information content (AvgIpc) is 2.49. The van der Waals surface area contributed by atoms with Crippen molar-refractivity contribution in [3.8, 4) is 0 Å². The van der Waals surface area contributed by atoms with E-state index in [0.717, 1.165) is 65.4 Å². The molecule has 0 saturated carbocycles. The minimum atomic E-state index is -0.0142. The lowest BCUT2D eigenvalue weighted by Gasteiger charge is -2.48. The quantitative estimate of drug-likeness (QED) is 0.766. The summed E-state index contributed by atoms with van der Waals surface area (Å²) in [4.78, 5) is 16.0. The molecular formula is C16H28N2O3. The molecule has 3 saturated heterocycles. The number of rotatable bonds is 2. The van der Waals surface area contributed by atoms with Crippen LogP contribution >= 0.6 is 0 Å². The fraction of sp³-hybridized carbons (Fsp3) is 0.938. The molecule has 1 unspecified atom stereocenters. The van der Waals surface area contributed by atoms with E-state index in [9.17, 15) is 4.79 Å². The fourth-order valence-electron chi connectivity index (χ4n) is 3.93. The molecule has 1 amide bonds. The number of hydrogen-bond donors (Lipinski definition) is 0. The zero-order valence-corrected chi connectivity index (χ0v) is 13.2. The third kappa shape index (κ3) is 3.76. The molecule has 1 atom stereocenters. The van der Waals surface area contributed by atoms with Gasteiger partial charge in [-0.2, -0.15) is 0 Å². The minimum absolute atomic E-state index is 0.0142. The Bertz CT molecular complexity index is 361. The van der Waals surface area contributed by atoms with Crippen molar-refractivity contribution in [2.45, 2.75) is 38.2 Å². The van der Waals surface area contributed by atoms with Gasteiger partial charge < -0.3 is 14.4 Å². The van der Waals surface area contributed by atoms with Crippen molar-refractivity contribution in [2.75, 3.05) is 52.5 Å². The van der Waals surface area contributed by atoms with Gasteiger partial charge in [0.2, 0.25) is 5.91 Å². The van der Waals surface area contributed by atoms with Crippen LogP contribution in [0.2, 0.25) is 0 Å². The van der Waals surface area contributed by atoms with Crippen LogP contribution in [0.1, 0.15) is 32.6 Å². The van der Waals surface area contributed by atoms with Gasteiger partial charge in [-0.05, 0) is 31.6 Å². The third-order valence-corrected chi connectivity index (χ3v) is 5.22. The number of nitrogens with zero attached hydrogens (tertiary/aromatic N) is 2. The predicted molar refractivity (Wildman–Crippen MR) is 80.2 cm³/mol. The Labute approximate surface area is 127 Å². The van der Waals surface area contributed by atoms with Crippen LogP contribution in [0.4, 0.5) is 0 Å². The van der Waals surface area contributed by atoms with Crippen molar-refractivity contribution in [2.24, 2.45) is 5.92 Å². The summed E-state index contributed by atoms with van der Waals surface area (Å²) in [7, 11) is 0. The van der Waals surface area contributed by atoms with E-state index >= 15 is 0 Å². The van der Waals surface area contributed by atoms with E-state index in [2.05, 4.69) is 4.90 Å². The molecule has 0 radical (unpaired) electrons. The lowest BCUT2D eigenvalue weighted by atomic mass is 9.88. The van der Waals surface area contributed by atoms with Crippen LogP contribution < -0.4 is 0 Å². The molecule has 3 aliphatic rings. The number of piperidine rings is 1. The normalized spacial score (nSPS) is 30.5. The Morgan fingerprint density at radius 2 is 2.05 bits per heavy atom. The number of ether oxygens (including phenoxy) is 2. The van der Waals surface area contributed by atoms with Gasteiger partial charge >= 0.3 is 0 Å². The smallest absolute Gasteiger partial charge is 0.219 e. The van der Waals surface area contributed by atoms with Crippen molar-refractivity contribution >= 4 is 5.91 Å². The van der Waals surface area contributed by atoms with Gasteiger partial charge in [-0.1, -0.05) is 0 Å². The van der Waals surface area contributed by atoms with E-state index in [4.69, 9.17) is 9.47 Å². The van der Waals surface area contributed by atoms with E-state index in [1.54, 1.807) is 6.92 Å². The average molecular weight is 296 g/mol. The Morgan fingerprint density at radius 1 is 1.24 bits per heavy atom. The van der Waals surface area contributed by atoms with E-state index in [0.29, 0.717) is 5.92 Å². The first-order valence-corrected chi connectivity index (χ1v) is 8.36. The molecule has 1 spiro atoms. The molecule has 120 valence electrons. The maximum Gasteiger partial charge on any atom is 0.219 e. The van der Waals surface area contributed by atoms with Crippen LogP contribution in [0.5, 0.6) is 0 Å². The standard InChI is InChI=1S/C16H28N2O3/c1-14(19)18-6-4-16(5-7-18)13-17(8-10-21-16)11-15-3-2-9-20-12-15/h15H,2-13H2,1H3. The third-order valence-electron chi connectivity index (χ3n) is 5.22. The number of carbonyl (C=O) groups is 1. The SMILES string of the molecule is CC(=O)N1CCC2(CC1)CN(CC1CCCOC1)CCO2. The Hall–Kier alpha value is -0.650. The molecule has 3 rings (SSSR count). The first-order chi connectivity index (χ1) is 10.2. The van der Waals surface area contributed by atoms with Gasteiger partial charge in [0.1, 0.15) is 0 Å². The zero-order chi connectivity index (χ0) is 14.7. The van der Waals surface area contributed by atoms with Gasteiger partial charge in [-0.15, -0.1) is 0 Å². The first kappa shape index (κ1) is 15.3. The molecule has 5 nitrogen and oxygen atoms in total. The summed E-state index contributed by atoms with van der Waals surface area (Å²) in [6.45, 7) is 9.23. The van der Waals surface area contributed by atoms with Crippen molar-refractivity contribution in [1.29, 1.82) is 0 Å². The van der Waals surface area contributed by atoms with E-state index < -0.39 is 0 Å². The van der Waals surface area contributed by atoms with Crippen molar-refractivity contribution in [1.82, 2.24) is 9.80 Å². The van der Waals surface area contributed by atoms with Crippen LogP contribution in [0, 0.1) is 5.92 Å². The van der Waals surface area contributed by atoms with E-state index in [1.807, 2.05) is 4.90 Å². The molecule has 0 bridgehead atoms. The zero-order valence-electron chi connectivity index (χ0n) is 13.2. The molecular weight excluding hydrogens is 268 g/mol. The highest BCUT2D eigenvalue weighted by Crippen LogP contribution is 2.31. The van der Waals surface area contributed by atoms with Gasteiger partial charge in [0.05, 0.1) is 18.8 Å². The minimum Gasteiger partial charge on any atom is -0.381 e. The maximum atomic E-state index is 11.5. The number of morpholine rings is 1. The van der Waals surface area contributed by atoms with Gasteiger partial charge in [0, 0.05) is 46.3 Å². The van der Waals surface area contributed by atoms with E-state index in [1.165, 1.54) is 12.8 Å². The Kier molecular flexibility index (Phi) is 4.82. The highest BCUT2D eigenvalue weighted by atomic mass is 16.5. The van der Waals surface area contributed by atoms with Crippen LogP contribution in [-0.4, -0.2) is 73.9 Å². The molecule has 0 N–H and O–H groups in total. The second kappa shape index (κ2) is 6.63. The van der Waals surface area contributed by atoms with Crippen LogP contribution in [0.3, 0.4) is 0 Å². The number of likely N-dealkylation sites (tertiary alicyclic amines) is 1. The van der Waals surface area contributed by atoms with Crippen molar-refractivity contribution in [3.63, 3.8) is 0 Å².